The first-order valence-corrected chi connectivity index (χ1v) is 6.14. The van der Waals surface area contributed by atoms with Crippen LogP contribution < -0.4 is 0 Å². The van der Waals surface area contributed by atoms with E-state index in [9.17, 15) is 4.39 Å². The lowest BCUT2D eigenvalue weighted by atomic mass is 9.71. The fourth-order valence-corrected chi connectivity index (χ4v) is 2.41. The van der Waals surface area contributed by atoms with Crippen LogP contribution in [0.5, 0.6) is 0 Å². The third kappa shape index (κ3) is 2.45. The molecule has 90 valence electrons. The van der Waals surface area contributed by atoms with E-state index in [-0.39, 0.29) is 0 Å². The van der Waals surface area contributed by atoms with E-state index in [1.54, 1.807) is 0 Å². The zero-order chi connectivity index (χ0) is 12.3. The third-order valence-corrected chi connectivity index (χ3v) is 3.43. The highest BCUT2D eigenvalue weighted by molar-refractivity contribution is 5.44. The second-order valence-corrected chi connectivity index (χ2v) is 5.05. The van der Waals surface area contributed by atoms with Gasteiger partial charge in [-0.25, -0.2) is 4.39 Å². The molecule has 0 nitrogen and oxygen atoms in total. The van der Waals surface area contributed by atoms with Gasteiger partial charge < -0.3 is 0 Å². The van der Waals surface area contributed by atoms with Crippen molar-refractivity contribution in [1.82, 2.24) is 0 Å². The molecule has 1 aliphatic rings. The van der Waals surface area contributed by atoms with Crippen molar-refractivity contribution in [2.75, 3.05) is 0 Å². The molecular formula is C15H23F. The van der Waals surface area contributed by atoms with Crippen LogP contribution in [0.1, 0.15) is 47.0 Å². The number of hydrogen-bond donors (Lipinski definition) is 0. The van der Waals surface area contributed by atoms with E-state index in [0.717, 1.165) is 17.6 Å². The maximum absolute atomic E-state index is 14.4. The maximum Gasteiger partial charge on any atom is 0.135 e. The maximum atomic E-state index is 14.4. The lowest BCUT2D eigenvalue weighted by molar-refractivity contribution is 0.107. The molecule has 0 radical (unpaired) electrons. The van der Waals surface area contributed by atoms with Crippen LogP contribution in [-0.4, -0.2) is 5.67 Å². The Bertz CT molecular complexity index is 327. The highest BCUT2D eigenvalue weighted by Gasteiger charge is 2.41. The Kier molecular flexibility index (Phi) is 4.12. The summed E-state index contributed by atoms with van der Waals surface area (Å²) in [5.74, 6) is 0.330. The molecule has 0 bridgehead atoms. The summed E-state index contributed by atoms with van der Waals surface area (Å²) < 4.78 is 14.4. The monoisotopic (exact) mass is 222 g/mol. The van der Waals surface area contributed by atoms with Gasteiger partial charge in [0.2, 0.25) is 0 Å². The van der Waals surface area contributed by atoms with Gasteiger partial charge in [-0.1, -0.05) is 32.6 Å². The number of allylic oxidation sites excluding steroid dienone is 5. The summed E-state index contributed by atoms with van der Waals surface area (Å²) in [5.41, 5.74) is 1.83. The fourth-order valence-electron chi connectivity index (χ4n) is 2.41. The summed E-state index contributed by atoms with van der Waals surface area (Å²) in [5, 5.41) is 0. The lowest BCUT2D eigenvalue weighted by Gasteiger charge is -2.38. The van der Waals surface area contributed by atoms with Gasteiger partial charge in [0.25, 0.3) is 0 Å². The number of rotatable bonds is 4. The van der Waals surface area contributed by atoms with Crippen molar-refractivity contribution >= 4 is 0 Å². The Hall–Kier alpha value is -0.850. The molecule has 16 heavy (non-hydrogen) atoms. The van der Waals surface area contributed by atoms with Crippen molar-refractivity contribution in [2.24, 2.45) is 5.92 Å². The molecule has 0 aromatic carbocycles. The largest absolute Gasteiger partial charge is 0.239 e. The van der Waals surface area contributed by atoms with Gasteiger partial charge in [0.1, 0.15) is 5.67 Å². The first-order chi connectivity index (χ1) is 7.42. The molecule has 0 spiro atoms. The second kappa shape index (κ2) is 4.99. The molecule has 0 aromatic heterocycles. The van der Waals surface area contributed by atoms with Gasteiger partial charge in [-0.15, -0.1) is 0 Å². The Morgan fingerprint density at radius 1 is 1.38 bits per heavy atom. The number of hydrogen-bond acceptors (Lipinski definition) is 0. The van der Waals surface area contributed by atoms with Crippen molar-refractivity contribution in [1.29, 1.82) is 0 Å². The molecule has 1 heteroatoms. The summed E-state index contributed by atoms with van der Waals surface area (Å²) in [7, 11) is 0. The minimum Gasteiger partial charge on any atom is -0.239 e. The molecule has 1 fully saturated rings. The summed E-state index contributed by atoms with van der Waals surface area (Å²) in [6.07, 6.45) is 6.32. The Labute approximate surface area is 98.9 Å². The third-order valence-electron chi connectivity index (χ3n) is 3.43. The van der Waals surface area contributed by atoms with Crippen LogP contribution in [0.4, 0.5) is 4.39 Å². The highest BCUT2D eigenvalue weighted by Crippen LogP contribution is 2.46. The lowest BCUT2D eigenvalue weighted by Crippen LogP contribution is -2.35. The van der Waals surface area contributed by atoms with E-state index in [2.05, 4.69) is 20.4 Å². The highest BCUT2D eigenvalue weighted by atomic mass is 19.1. The van der Waals surface area contributed by atoms with Crippen molar-refractivity contribution in [2.45, 2.75) is 52.6 Å². The van der Waals surface area contributed by atoms with Crippen LogP contribution in [0.15, 0.2) is 35.5 Å². The molecule has 0 unspecified atom stereocenters. The van der Waals surface area contributed by atoms with Crippen molar-refractivity contribution in [3.05, 3.63) is 35.5 Å². The van der Waals surface area contributed by atoms with E-state index < -0.39 is 5.67 Å². The van der Waals surface area contributed by atoms with Crippen molar-refractivity contribution in [3.63, 3.8) is 0 Å². The Morgan fingerprint density at radius 2 is 1.94 bits per heavy atom. The van der Waals surface area contributed by atoms with E-state index in [1.165, 1.54) is 0 Å². The van der Waals surface area contributed by atoms with Crippen LogP contribution in [0, 0.1) is 5.92 Å². The van der Waals surface area contributed by atoms with Gasteiger partial charge in [0.15, 0.2) is 0 Å². The second-order valence-electron chi connectivity index (χ2n) is 5.05. The molecule has 0 amide bonds. The summed E-state index contributed by atoms with van der Waals surface area (Å²) in [6.45, 7) is 12.2. The number of alkyl halides is 1. The molecule has 0 heterocycles. The van der Waals surface area contributed by atoms with Gasteiger partial charge in [-0.05, 0) is 55.7 Å². The molecular weight excluding hydrogens is 199 g/mol. The van der Waals surface area contributed by atoms with Gasteiger partial charge >= 0.3 is 0 Å². The van der Waals surface area contributed by atoms with Gasteiger partial charge in [-0.2, -0.15) is 0 Å². The SMILES string of the molecule is C=C(/C(=C(C)\C=C/C)C(C)C)C1(F)CCC1. The Morgan fingerprint density at radius 3 is 2.25 bits per heavy atom. The first kappa shape index (κ1) is 13.2. The molecule has 0 aromatic rings. The van der Waals surface area contributed by atoms with E-state index in [4.69, 9.17) is 0 Å². The van der Waals surface area contributed by atoms with E-state index in [1.807, 2.05) is 26.0 Å². The molecule has 1 saturated carbocycles. The van der Waals surface area contributed by atoms with E-state index in [0.29, 0.717) is 24.3 Å². The molecule has 0 aliphatic heterocycles. The number of halogens is 1. The van der Waals surface area contributed by atoms with Gasteiger partial charge in [0.05, 0.1) is 0 Å². The summed E-state index contributed by atoms with van der Waals surface area (Å²) >= 11 is 0. The first-order valence-electron chi connectivity index (χ1n) is 6.14. The molecule has 0 saturated heterocycles. The Balaban J connectivity index is 3.03. The predicted octanol–water partition coefficient (Wildman–Crippen LogP) is 4.98. The zero-order valence-electron chi connectivity index (χ0n) is 10.9. The van der Waals surface area contributed by atoms with Crippen LogP contribution in [-0.2, 0) is 0 Å². The fraction of sp³-hybridized carbons (Fsp3) is 0.600. The summed E-state index contributed by atoms with van der Waals surface area (Å²) in [6, 6.07) is 0. The molecule has 1 rings (SSSR count). The van der Waals surface area contributed by atoms with Crippen LogP contribution in [0.3, 0.4) is 0 Å². The smallest absolute Gasteiger partial charge is 0.135 e. The van der Waals surface area contributed by atoms with Crippen molar-refractivity contribution in [3.8, 4) is 0 Å². The average Bonchev–Trinajstić information content (AvgIpc) is 2.14. The minimum absolute atomic E-state index is 0.330. The zero-order valence-corrected chi connectivity index (χ0v) is 10.9. The predicted molar refractivity (Wildman–Crippen MR) is 69.2 cm³/mol. The van der Waals surface area contributed by atoms with Gasteiger partial charge in [-0.3, -0.25) is 0 Å². The van der Waals surface area contributed by atoms with Crippen LogP contribution in [0.2, 0.25) is 0 Å². The van der Waals surface area contributed by atoms with Crippen molar-refractivity contribution < 1.29 is 4.39 Å². The van der Waals surface area contributed by atoms with Crippen LogP contribution in [0.25, 0.3) is 0 Å². The average molecular weight is 222 g/mol. The van der Waals surface area contributed by atoms with E-state index >= 15 is 0 Å². The topological polar surface area (TPSA) is 0 Å². The van der Waals surface area contributed by atoms with Crippen LogP contribution >= 0.6 is 0 Å². The van der Waals surface area contributed by atoms with Gasteiger partial charge in [0, 0.05) is 0 Å². The minimum atomic E-state index is -1.12. The summed E-state index contributed by atoms with van der Waals surface area (Å²) in [4.78, 5) is 0. The quantitative estimate of drug-likeness (QED) is 0.588. The normalized spacial score (nSPS) is 20.9. The molecule has 0 N–H and O–H groups in total. The molecule has 0 atom stereocenters. The standard InChI is InChI=1S/C15H23F/c1-6-8-12(4)14(11(2)3)13(5)15(16)9-7-10-15/h6,8,11H,5,7,9-10H2,1-4H3/b8-6-,14-12-. The molecule has 1 aliphatic carbocycles.